The van der Waals surface area contributed by atoms with Crippen LogP contribution in [0, 0.1) is 0 Å². The van der Waals surface area contributed by atoms with E-state index in [1.165, 1.54) is 32.7 Å². The zero-order chi connectivity index (χ0) is 66.3. The Morgan fingerprint density at radius 1 is 0.204 bits per heavy atom. The SMILES string of the molecule is CCC(C)c1ccc(N(c2ccc(-c3ccc(N(c4ccccc4)c4cccc5ccccc45)cc3)cc2)c2ccc(-c3cccc(-c4ccc(N(c5ccc(-c6ccc(N(c7ccccc7)c7cccc8ccccc78)cc6)cc5)c5ccc(C(C)CC)cc5)cc4)c3)cc2)cc1. The van der Waals surface area contributed by atoms with Crippen molar-refractivity contribution in [3.8, 4) is 44.5 Å². The molecule has 15 rings (SSSR count). The predicted molar refractivity (Wildman–Crippen MR) is 419 cm³/mol. The first-order chi connectivity index (χ1) is 48.3. The van der Waals surface area contributed by atoms with Crippen molar-refractivity contribution in [3.05, 3.63) is 375 Å². The second-order valence-corrected chi connectivity index (χ2v) is 25.7. The van der Waals surface area contributed by atoms with E-state index in [1.807, 2.05) is 0 Å². The van der Waals surface area contributed by atoms with Crippen LogP contribution in [0.4, 0.5) is 68.2 Å². The first-order valence-corrected chi connectivity index (χ1v) is 34.5. The zero-order valence-electron chi connectivity index (χ0n) is 56.0. The van der Waals surface area contributed by atoms with Crippen molar-refractivity contribution in [2.24, 2.45) is 0 Å². The predicted octanol–water partition coefficient (Wildman–Crippen LogP) is 27.6. The Bertz CT molecular complexity index is 4810. The van der Waals surface area contributed by atoms with E-state index in [0.29, 0.717) is 11.8 Å². The van der Waals surface area contributed by atoms with Crippen molar-refractivity contribution >= 4 is 89.8 Å². The Labute approximate surface area is 577 Å². The van der Waals surface area contributed by atoms with Crippen molar-refractivity contribution in [2.45, 2.75) is 52.4 Å². The quantitative estimate of drug-likeness (QED) is 0.0754. The number of nitrogens with zero attached hydrogens (tertiary/aromatic N) is 4. The standard InChI is InChI=1S/C94H78N4/c1-5-67(3)69-34-50-83(51-35-69)95(85-54-38-71(39-55-85)73-42-62-89(63-43-73)97(81-26-9-7-10-27-81)93-32-18-22-77-20-13-15-30-91(77)93)87-58-46-75(47-59-87)79-24-17-25-80(66-79)76-48-60-88(61-49-76)96(84-52-36-70(37-53-84)68(4)6-2)86-56-40-72(41-57-86)74-44-64-90(65-45-74)98(82-28-11-8-12-29-82)94-33-19-23-78-21-14-16-31-92(78)94/h7-68H,5-6H2,1-4H3. The third-order valence-electron chi connectivity index (χ3n) is 19.7. The Hall–Kier alpha value is -12.0. The highest BCUT2D eigenvalue weighted by Gasteiger charge is 2.21. The Morgan fingerprint density at radius 2 is 0.439 bits per heavy atom. The van der Waals surface area contributed by atoms with Crippen LogP contribution in [0.25, 0.3) is 66.1 Å². The van der Waals surface area contributed by atoms with E-state index in [-0.39, 0.29) is 0 Å². The van der Waals surface area contributed by atoms with Gasteiger partial charge in [-0.05, 0) is 231 Å². The maximum atomic E-state index is 2.38. The van der Waals surface area contributed by atoms with Gasteiger partial charge in [-0.3, -0.25) is 0 Å². The summed E-state index contributed by atoms with van der Waals surface area (Å²) in [5, 5.41) is 4.86. The van der Waals surface area contributed by atoms with E-state index in [2.05, 4.69) is 411 Å². The Kier molecular flexibility index (Phi) is 17.9. The van der Waals surface area contributed by atoms with Gasteiger partial charge in [0.25, 0.3) is 0 Å². The van der Waals surface area contributed by atoms with Gasteiger partial charge < -0.3 is 19.6 Å². The lowest BCUT2D eigenvalue weighted by Crippen LogP contribution is -2.10. The number of benzene rings is 15. The van der Waals surface area contributed by atoms with Crippen LogP contribution >= 0.6 is 0 Å². The van der Waals surface area contributed by atoms with E-state index in [0.717, 1.165) is 126 Å². The fourth-order valence-electron chi connectivity index (χ4n) is 13.8. The second kappa shape index (κ2) is 28.1. The lowest BCUT2D eigenvalue weighted by Gasteiger charge is -2.27. The minimum Gasteiger partial charge on any atom is -0.311 e. The van der Waals surface area contributed by atoms with Crippen LogP contribution < -0.4 is 19.6 Å². The topological polar surface area (TPSA) is 13.0 Å². The Morgan fingerprint density at radius 3 is 0.745 bits per heavy atom. The van der Waals surface area contributed by atoms with Gasteiger partial charge in [0.05, 0.1) is 11.4 Å². The van der Waals surface area contributed by atoms with Crippen LogP contribution in [0.5, 0.6) is 0 Å². The Balaban J connectivity index is 0.687. The molecule has 0 bridgehead atoms. The van der Waals surface area contributed by atoms with Crippen molar-refractivity contribution in [1.82, 2.24) is 0 Å². The van der Waals surface area contributed by atoms with E-state index in [9.17, 15) is 0 Å². The van der Waals surface area contributed by atoms with Crippen molar-refractivity contribution in [2.75, 3.05) is 19.6 Å². The highest BCUT2D eigenvalue weighted by Crippen LogP contribution is 2.45. The molecule has 0 N–H and O–H groups in total. The summed E-state index contributed by atoms with van der Waals surface area (Å²) in [5.74, 6) is 0.966. The van der Waals surface area contributed by atoms with Crippen LogP contribution in [0.15, 0.2) is 364 Å². The van der Waals surface area contributed by atoms with Gasteiger partial charge in [-0.2, -0.15) is 0 Å². The number of fused-ring (bicyclic) bond motifs is 2. The minimum atomic E-state index is 0.483. The van der Waals surface area contributed by atoms with Crippen molar-refractivity contribution in [3.63, 3.8) is 0 Å². The third-order valence-corrected chi connectivity index (χ3v) is 19.7. The number of hydrogen-bond donors (Lipinski definition) is 0. The largest absolute Gasteiger partial charge is 0.311 e. The van der Waals surface area contributed by atoms with Crippen molar-refractivity contribution in [1.29, 1.82) is 0 Å². The fourth-order valence-corrected chi connectivity index (χ4v) is 13.8. The summed E-state index contributed by atoms with van der Waals surface area (Å²) >= 11 is 0. The summed E-state index contributed by atoms with van der Waals surface area (Å²) in [7, 11) is 0. The van der Waals surface area contributed by atoms with Crippen molar-refractivity contribution < 1.29 is 0 Å². The first-order valence-electron chi connectivity index (χ1n) is 34.5. The molecule has 0 heterocycles. The van der Waals surface area contributed by atoms with Gasteiger partial charge in [0.1, 0.15) is 0 Å². The van der Waals surface area contributed by atoms with Gasteiger partial charge in [-0.25, -0.2) is 0 Å². The van der Waals surface area contributed by atoms with Gasteiger partial charge in [0.2, 0.25) is 0 Å². The van der Waals surface area contributed by atoms with Crippen LogP contribution in [-0.2, 0) is 0 Å². The van der Waals surface area contributed by atoms with Crippen LogP contribution in [0.2, 0.25) is 0 Å². The molecule has 2 atom stereocenters. The highest BCUT2D eigenvalue weighted by atomic mass is 15.2. The molecule has 0 saturated carbocycles. The molecule has 15 aromatic rings. The summed E-state index contributed by atoms with van der Waals surface area (Å²) in [4.78, 5) is 9.47. The molecule has 2 unspecified atom stereocenters. The normalized spacial score (nSPS) is 11.9. The zero-order valence-corrected chi connectivity index (χ0v) is 56.0. The lowest BCUT2D eigenvalue weighted by molar-refractivity contribution is 0.733. The number of rotatable bonds is 20. The molecular formula is C94H78N4. The highest BCUT2D eigenvalue weighted by molar-refractivity contribution is 6.00. The molecule has 0 amide bonds. The van der Waals surface area contributed by atoms with Crippen LogP contribution in [-0.4, -0.2) is 0 Å². The average molecular weight is 1260 g/mol. The van der Waals surface area contributed by atoms with Gasteiger partial charge in [0.15, 0.2) is 0 Å². The molecule has 0 aromatic heterocycles. The third kappa shape index (κ3) is 12.9. The molecule has 98 heavy (non-hydrogen) atoms. The van der Waals surface area contributed by atoms with Gasteiger partial charge >= 0.3 is 0 Å². The van der Waals surface area contributed by atoms with Crippen LogP contribution in [0.3, 0.4) is 0 Å². The maximum absolute atomic E-state index is 2.38. The minimum absolute atomic E-state index is 0.483. The van der Waals surface area contributed by atoms with E-state index < -0.39 is 0 Å². The van der Waals surface area contributed by atoms with Crippen LogP contribution in [0.1, 0.15) is 63.5 Å². The number of hydrogen-bond acceptors (Lipinski definition) is 4. The van der Waals surface area contributed by atoms with Gasteiger partial charge in [-0.1, -0.05) is 252 Å². The molecule has 0 radical (unpaired) electrons. The molecule has 15 aromatic carbocycles. The first kappa shape index (κ1) is 62.2. The average Bonchev–Trinajstić information content (AvgIpc) is 0.832. The summed E-state index contributed by atoms with van der Waals surface area (Å²) < 4.78 is 0. The fraction of sp³-hybridized carbons (Fsp3) is 0.0851. The molecule has 0 aliphatic rings. The molecule has 4 heteroatoms. The van der Waals surface area contributed by atoms with Gasteiger partial charge in [0, 0.05) is 67.6 Å². The van der Waals surface area contributed by atoms with E-state index >= 15 is 0 Å². The molecule has 4 nitrogen and oxygen atoms in total. The smallest absolute Gasteiger partial charge is 0.0540 e. The summed E-state index contributed by atoms with van der Waals surface area (Å²) in [5.41, 5.74) is 25.3. The van der Waals surface area contributed by atoms with E-state index in [4.69, 9.17) is 0 Å². The summed E-state index contributed by atoms with van der Waals surface area (Å²) in [6.07, 6.45) is 2.19. The second-order valence-electron chi connectivity index (χ2n) is 25.7. The number of para-hydroxylation sites is 2. The summed E-state index contributed by atoms with van der Waals surface area (Å²) in [6, 6.07) is 133. The number of anilines is 12. The van der Waals surface area contributed by atoms with E-state index in [1.54, 1.807) is 0 Å². The molecule has 0 aliphatic carbocycles. The monoisotopic (exact) mass is 1260 g/mol. The van der Waals surface area contributed by atoms with Gasteiger partial charge in [-0.15, -0.1) is 0 Å². The molecular weight excluding hydrogens is 1190 g/mol. The molecule has 0 aliphatic heterocycles. The lowest BCUT2D eigenvalue weighted by atomic mass is 9.97. The molecule has 0 spiro atoms. The maximum Gasteiger partial charge on any atom is 0.0540 e. The molecule has 474 valence electrons. The molecule has 0 saturated heterocycles. The summed E-state index contributed by atoms with van der Waals surface area (Å²) in [6.45, 7) is 9.13. The molecule has 0 fully saturated rings.